The number of ether oxygens (including phenoxy) is 1. The molecule has 0 saturated carbocycles. The van der Waals surface area contributed by atoms with Crippen molar-refractivity contribution in [2.24, 2.45) is 0 Å². The van der Waals surface area contributed by atoms with E-state index in [1.807, 2.05) is 0 Å². The number of aromatic nitrogens is 1. The number of alkyl halides is 3. The van der Waals surface area contributed by atoms with Gasteiger partial charge in [0.15, 0.2) is 0 Å². The van der Waals surface area contributed by atoms with Crippen molar-refractivity contribution < 1.29 is 13.5 Å². The molecule has 1 aromatic rings. The van der Waals surface area contributed by atoms with Crippen LogP contribution in [0, 0.1) is 0 Å². The number of halogens is 4. The van der Waals surface area contributed by atoms with Gasteiger partial charge in [-0.2, -0.15) is 0 Å². The van der Waals surface area contributed by atoms with Crippen LogP contribution in [-0.4, -0.2) is 12.1 Å². The van der Waals surface area contributed by atoms with Gasteiger partial charge in [0.1, 0.15) is 5.15 Å². The van der Waals surface area contributed by atoms with Gasteiger partial charge in [0.25, 0.3) is 6.43 Å². The second-order valence-electron chi connectivity index (χ2n) is 2.46. The van der Waals surface area contributed by atoms with Crippen LogP contribution >= 0.6 is 23.2 Å². The molecule has 0 aliphatic rings. The van der Waals surface area contributed by atoms with Crippen LogP contribution in [0.1, 0.15) is 17.6 Å². The Hall–Kier alpha value is -0.610. The molecular formula is C8H7Cl2F2NO. The Bertz CT molecular complexity index is 333. The van der Waals surface area contributed by atoms with Gasteiger partial charge in [-0.25, -0.2) is 13.8 Å². The van der Waals surface area contributed by atoms with Gasteiger partial charge in [-0.15, -0.1) is 11.6 Å². The van der Waals surface area contributed by atoms with Crippen molar-refractivity contribution in [3.05, 3.63) is 22.3 Å². The Balaban J connectivity index is 3.31. The zero-order valence-electron chi connectivity index (χ0n) is 7.23. The van der Waals surface area contributed by atoms with E-state index in [2.05, 4.69) is 4.98 Å². The molecule has 0 spiro atoms. The minimum absolute atomic E-state index is 0.0361. The van der Waals surface area contributed by atoms with Crippen LogP contribution in [0.5, 0.6) is 5.88 Å². The molecule has 2 nitrogen and oxygen atoms in total. The average Bonchev–Trinajstić information content (AvgIpc) is 2.16. The molecule has 1 heterocycles. The third-order valence-electron chi connectivity index (χ3n) is 1.65. The minimum Gasteiger partial charge on any atom is -0.481 e. The first-order chi connectivity index (χ1) is 6.60. The zero-order valence-corrected chi connectivity index (χ0v) is 8.74. The van der Waals surface area contributed by atoms with Crippen molar-refractivity contribution in [2.75, 3.05) is 7.11 Å². The highest BCUT2D eigenvalue weighted by atomic mass is 35.5. The molecule has 0 fully saturated rings. The number of methoxy groups -OCH3 is 1. The van der Waals surface area contributed by atoms with Crippen molar-refractivity contribution in [1.29, 1.82) is 0 Å². The van der Waals surface area contributed by atoms with E-state index < -0.39 is 6.43 Å². The van der Waals surface area contributed by atoms with Crippen LogP contribution in [0.3, 0.4) is 0 Å². The van der Waals surface area contributed by atoms with Crippen molar-refractivity contribution >= 4 is 23.2 Å². The minimum atomic E-state index is -2.64. The van der Waals surface area contributed by atoms with Gasteiger partial charge in [-0.1, -0.05) is 11.6 Å². The van der Waals surface area contributed by atoms with Crippen molar-refractivity contribution in [3.63, 3.8) is 0 Å². The third kappa shape index (κ3) is 2.25. The summed E-state index contributed by atoms with van der Waals surface area (Å²) in [5.41, 5.74) is -0.0644. The van der Waals surface area contributed by atoms with E-state index in [4.69, 9.17) is 27.9 Å². The molecule has 1 aromatic heterocycles. The third-order valence-corrected chi connectivity index (χ3v) is 2.11. The average molecular weight is 242 g/mol. The molecule has 0 N–H and O–H groups in total. The molecule has 0 bridgehead atoms. The summed E-state index contributed by atoms with van der Waals surface area (Å²) >= 11 is 11.1. The molecule has 78 valence electrons. The van der Waals surface area contributed by atoms with E-state index in [9.17, 15) is 8.78 Å². The lowest BCUT2D eigenvalue weighted by atomic mass is 10.1. The van der Waals surface area contributed by atoms with Gasteiger partial charge in [0.2, 0.25) is 5.88 Å². The number of rotatable bonds is 3. The quantitative estimate of drug-likeness (QED) is 0.598. The monoisotopic (exact) mass is 241 g/mol. The lowest BCUT2D eigenvalue weighted by Crippen LogP contribution is -2.00. The number of hydrogen-bond acceptors (Lipinski definition) is 2. The highest BCUT2D eigenvalue weighted by Gasteiger charge is 2.18. The van der Waals surface area contributed by atoms with Crippen LogP contribution in [0.2, 0.25) is 5.15 Å². The summed E-state index contributed by atoms with van der Waals surface area (Å²) < 4.78 is 29.8. The van der Waals surface area contributed by atoms with E-state index in [1.165, 1.54) is 7.11 Å². The van der Waals surface area contributed by atoms with Gasteiger partial charge >= 0.3 is 0 Å². The first kappa shape index (κ1) is 11.5. The standard InChI is InChI=1S/C8H7Cl2F2NO/c1-14-8-5(3-9)4(7(11)12)2-6(10)13-8/h2,7H,3H2,1H3. The number of pyridine rings is 1. The van der Waals surface area contributed by atoms with Crippen LogP contribution in [0.4, 0.5) is 8.78 Å². The molecule has 0 aliphatic carbocycles. The van der Waals surface area contributed by atoms with Gasteiger partial charge in [0, 0.05) is 11.1 Å². The van der Waals surface area contributed by atoms with Crippen LogP contribution in [-0.2, 0) is 5.88 Å². The summed E-state index contributed by atoms with van der Waals surface area (Å²) in [6.07, 6.45) is -2.64. The van der Waals surface area contributed by atoms with Crippen LogP contribution in [0.25, 0.3) is 0 Å². The Morgan fingerprint density at radius 1 is 1.57 bits per heavy atom. The Labute approximate surface area is 89.8 Å². The molecule has 0 aliphatic heterocycles. The summed E-state index contributed by atoms with van der Waals surface area (Å²) in [5, 5.41) is -0.0361. The van der Waals surface area contributed by atoms with Crippen LogP contribution < -0.4 is 4.74 Å². The molecule has 0 amide bonds. The lowest BCUT2D eigenvalue weighted by molar-refractivity contribution is 0.150. The predicted molar refractivity (Wildman–Crippen MR) is 50.3 cm³/mol. The molecule has 0 aromatic carbocycles. The molecule has 0 saturated heterocycles. The first-order valence-electron chi connectivity index (χ1n) is 3.67. The highest BCUT2D eigenvalue weighted by Crippen LogP contribution is 2.31. The number of hydrogen-bond donors (Lipinski definition) is 0. The van der Waals surface area contributed by atoms with Crippen molar-refractivity contribution in [2.45, 2.75) is 12.3 Å². The van der Waals surface area contributed by atoms with Gasteiger partial charge in [0.05, 0.1) is 13.0 Å². The zero-order chi connectivity index (χ0) is 10.7. The second-order valence-corrected chi connectivity index (χ2v) is 3.11. The van der Waals surface area contributed by atoms with Crippen LogP contribution in [0.15, 0.2) is 6.07 Å². The summed E-state index contributed by atoms with van der Waals surface area (Å²) in [6, 6.07) is 1.09. The van der Waals surface area contributed by atoms with Gasteiger partial charge < -0.3 is 4.74 Å². The smallest absolute Gasteiger partial charge is 0.264 e. The molecule has 0 radical (unpaired) electrons. The van der Waals surface area contributed by atoms with E-state index in [0.29, 0.717) is 0 Å². The molecular weight excluding hydrogens is 235 g/mol. The molecule has 1 rings (SSSR count). The predicted octanol–water partition coefficient (Wildman–Crippen LogP) is 3.42. The maximum absolute atomic E-state index is 12.5. The van der Waals surface area contributed by atoms with E-state index in [1.54, 1.807) is 0 Å². The van der Waals surface area contributed by atoms with Crippen molar-refractivity contribution in [1.82, 2.24) is 4.98 Å². The Kier molecular flexibility index (Phi) is 3.89. The van der Waals surface area contributed by atoms with Crippen molar-refractivity contribution in [3.8, 4) is 5.88 Å². The summed E-state index contributed by atoms with van der Waals surface area (Å²) in [7, 11) is 1.32. The fourth-order valence-electron chi connectivity index (χ4n) is 1.03. The van der Waals surface area contributed by atoms with Gasteiger partial charge in [-0.3, -0.25) is 0 Å². The molecule has 0 atom stereocenters. The summed E-state index contributed by atoms with van der Waals surface area (Å²) in [4.78, 5) is 3.73. The maximum atomic E-state index is 12.5. The molecule has 0 unspecified atom stereocenters. The second kappa shape index (κ2) is 4.75. The first-order valence-corrected chi connectivity index (χ1v) is 4.58. The van der Waals surface area contributed by atoms with E-state index in [0.717, 1.165) is 6.07 Å². The topological polar surface area (TPSA) is 22.1 Å². The SMILES string of the molecule is COc1nc(Cl)cc(C(F)F)c1CCl. The Morgan fingerprint density at radius 3 is 2.64 bits per heavy atom. The number of nitrogens with zero attached hydrogens (tertiary/aromatic N) is 1. The fraction of sp³-hybridized carbons (Fsp3) is 0.375. The Morgan fingerprint density at radius 2 is 2.21 bits per heavy atom. The van der Waals surface area contributed by atoms with E-state index >= 15 is 0 Å². The largest absolute Gasteiger partial charge is 0.481 e. The summed E-state index contributed by atoms with van der Waals surface area (Å²) in [6.45, 7) is 0. The lowest BCUT2D eigenvalue weighted by Gasteiger charge is -2.10. The maximum Gasteiger partial charge on any atom is 0.264 e. The normalized spacial score (nSPS) is 10.7. The van der Waals surface area contributed by atoms with Gasteiger partial charge in [-0.05, 0) is 6.07 Å². The fourth-order valence-corrected chi connectivity index (χ4v) is 1.50. The highest BCUT2D eigenvalue weighted by molar-refractivity contribution is 6.29. The molecule has 6 heteroatoms. The molecule has 14 heavy (non-hydrogen) atoms. The van der Waals surface area contributed by atoms with E-state index in [-0.39, 0.29) is 28.0 Å². The summed E-state index contributed by atoms with van der Waals surface area (Å²) in [5.74, 6) is -0.0460.